The van der Waals surface area contributed by atoms with Crippen molar-refractivity contribution < 1.29 is 9.47 Å². The van der Waals surface area contributed by atoms with E-state index in [2.05, 4.69) is 34.1 Å². The van der Waals surface area contributed by atoms with E-state index in [-0.39, 0.29) is 0 Å². The van der Waals surface area contributed by atoms with Crippen LogP contribution >= 0.6 is 0 Å². The van der Waals surface area contributed by atoms with Crippen molar-refractivity contribution in [1.29, 1.82) is 0 Å². The summed E-state index contributed by atoms with van der Waals surface area (Å²) in [7, 11) is 3.85. The maximum absolute atomic E-state index is 6.66. The van der Waals surface area contributed by atoms with E-state index >= 15 is 0 Å². The lowest BCUT2D eigenvalue weighted by Crippen LogP contribution is -2.44. The number of hydrogen-bond acceptors (Lipinski definition) is 7. The van der Waals surface area contributed by atoms with Crippen LogP contribution < -0.4 is 20.1 Å². The van der Waals surface area contributed by atoms with Crippen LogP contribution in [0.25, 0.3) is 27.9 Å². The molecule has 2 aromatic heterocycles. The number of methoxy groups -OCH3 is 1. The first kappa shape index (κ1) is 24.8. The Morgan fingerprint density at radius 1 is 0.846 bits per heavy atom. The molecule has 1 aliphatic rings. The Hall–Kier alpha value is -4.56. The van der Waals surface area contributed by atoms with Crippen LogP contribution in [-0.4, -0.2) is 59.8 Å². The van der Waals surface area contributed by atoms with Gasteiger partial charge in [0.25, 0.3) is 0 Å². The summed E-state index contributed by atoms with van der Waals surface area (Å²) in [4.78, 5) is 9.56. The van der Waals surface area contributed by atoms with Gasteiger partial charge in [0.05, 0.1) is 18.9 Å². The Labute approximate surface area is 228 Å². The number of nitrogens with zero attached hydrogens (tertiary/aromatic N) is 5. The maximum atomic E-state index is 6.66. The number of hydrogen-bond donors (Lipinski definition) is 1. The van der Waals surface area contributed by atoms with Gasteiger partial charge in [-0.25, -0.2) is 4.98 Å². The molecule has 0 amide bonds. The molecule has 6 rings (SSSR count). The minimum atomic E-state index is 0.495. The Morgan fingerprint density at radius 2 is 1.67 bits per heavy atom. The Balaban J connectivity index is 1.32. The second-order valence-electron chi connectivity index (χ2n) is 9.83. The summed E-state index contributed by atoms with van der Waals surface area (Å²) < 4.78 is 13.5. The van der Waals surface area contributed by atoms with Gasteiger partial charge in [-0.1, -0.05) is 42.5 Å². The molecular weight excluding hydrogens is 488 g/mol. The normalized spacial score (nSPS) is 14.1. The fraction of sp³-hybridized carbons (Fsp3) is 0.226. The zero-order valence-electron chi connectivity index (χ0n) is 22.2. The van der Waals surface area contributed by atoms with E-state index in [1.54, 1.807) is 11.6 Å². The smallest absolute Gasteiger partial charge is 0.165 e. The molecule has 0 unspecified atom stereocenters. The van der Waals surface area contributed by atoms with Crippen LogP contribution in [0.4, 0.5) is 11.5 Å². The number of rotatable bonds is 7. The number of piperazine rings is 1. The molecule has 2 N–H and O–H groups in total. The van der Waals surface area contributed by atoms with Gasteiger partial charge >= 0.3 is 0 Å². The fourth-order valence-corrected chi connectivity index (χ4v) is 5.02. The molecular formula is C31H32N6O2. The third-order valence-electron chi connectivity index (χ3n) is 7.30. The predicted molar refractivity (Wildman–Crippen MR) is 155 cm³/mol. The molecule has 1 saturated heterocycles. The van der Waals surface area contributed by atoms with Crippen LogP contribution in [0.3, 0.4) is 0 Å². The summed E-state index contributed by atoms with van der Waals surface area (Å²) in [5.41, 5.74) is 13.1. The van der Waals surface area contributed by atoms with Crippen molar-refractivity contribution in [2.24, 2.45) is 0 Å². The second-order valence-corrected chi connectivity index (χ2v) is 9.83. The molecule has 0 saturated carbocycles. The van der Waals surface area contributed by atoms with E-state index in [1.165, 1.54) is 0 Å². The summed E-state index contributed by atoms with van der Waals surface area (Å²) in [6, 6.07) is 24.3. The van der Waals surface area contributed by atoms with Gasteiger partial charge < -0.3 is 25.0 Å². The standard InChI is InChI=1S/C31H32N6O2/c1-35-13-15-36(16-14-35)24-11-12-29(38-2)26(18-24)28-20-34-37-30(32)27(19-33-31(28)37)23-9-6-10-25(17-23)39-21-22-7-4-3-5-8-22/h3-12,17-20H,13-16,21,32H2,1-2H3. The molecule has 0 spiro atoms. The van der Waals surface area contributed by atoms with Crippen molar-refractivity contribution in [2.45, 2.75) is 6.61 Å². The van der Waals surface area contributed by atoms with E-state index in [0.29, 0.717) is 18.1 Å². The molecule has 3 aromatic carbocycles. The highest BCUT2D eigenvalue weighted by Crippen LogP contribution is 2.37. The topological polar surface area (TPSA) is 81.2 Å². The zero-order valence-corrected chi connectivity index (χ0v) is 22.2. The van der Waals surface area contributed by atoms with Crippen LogP contribution in [0.5, 0.6) is 11.5 Å². The second kappa shape index (κ2) is 10.7. The van der Waals surface area contributed by atoms with E-state index in [4.69, 9.17) is 20.2 Å². The van der Waals surface area contributed by atoms with Crippen molar-refractivity contribution in [3.63, 3.8) is 0 Å². The van der Waals surface area contributed by atoms with Crippen LogP contribution in [0.1, 0.15) is 5.56 Å². The molecule has 0 atom stereocenters. The first-order valence-electron chi connectivity index (χ1n) is 13.1. The average Bonchev–Trinajstić information content (AvgIpc) is 3.42. The lowest BCUT2D eigenvalue weighted by atomic mass is 10.1. The van der Waals surface area contributed by atoms with Gasteiger partial charge in [-0.3, -0.25) is 0 Å². The summed E-state index contributed by atoms with van der Waals surface area (Å²) in [5, 5.41) is 4.63. The average molecular weight is 521 g/mol. The third kappa shape index (κ3) is 4.98. The third-order valence-corrected chi connectivity index (χ3v) is 7.30. The first-order valence-corrected chi connectivity index (χ1v) is 13.1. The molecule has 8 heteroatoms. The zero-order chi connectivity index (χ0) is 26.8. The Bertz CT molecular complexity index is 1590. The maximum Gasteiger partial charge on any atom is 0.165 e. The van der Waals surface area contributed by atoms with Gasteiger partial charge in [0.2, 0.25) is 0 Å². The number of benzene rings is 3. The molecule has 1 fully saturated rings. The van der Waals surface area contributed by atoms with Crippen LogP contribution in [-0.2, 0) is 6.61 Å². The molecule has 0 radical (unpaired) electrons. The quantitative estimate of drug-likeness (QED) is 0.324. The molecule has 1 aliphatic heterocycles. The molecule has 8 nitrogen and oxygen atoms in total. The van der Waals surface area contributed by atoms with E-state index < -0.39 is 0 Å². The number of aromatic nitrogens is 3. The van der Waals surface area contributed by atoms with Gasteiger partial charge in [0, 0.05) is 49.2 Å². The van der Waals surface area contributed by atoms with Crippen molar-refractivity contribution in [3.8, 4) is 33.8 Å². The molecule has 39 heavy (non-hydrogen) atoms. The molecule has 198 valence electrons. The first-order chi connectivity index (χ1) is 19.1. The molecule has 5 aromatic rings. The summed E-state index contributed by atoms with van der Waals surface area (Å²) in [6.45, 7) is 4.54. The van der Waals surface area contributed by atoms with Crippen LogP contribution in [0, 0.1) is 0 Å². The highest BCUT2D eigenvalue weighted by atomic mass is 16.5. The van der Waals surface area contributed by atoms with Crippen LogP contribution in [0.2, 0.25) is 0 Å². The highest BCUT2D eigenvalue weighted by Gasteiger charge is 2.20. The Kier molecular flexibility index (Phi) is 6.77. The fourth-order valence-electron chi connectivity index (χ4n) is 5.02. The number of anilines is 2. The van der Waals surface area contributed by atoms with Gasteiger partial charge in [-0.2, -0.15) is 9.61 Å². The number of nitrogens with two attached hydrogens (primary N) is 1. The van der Waals surface area contributed by atoms with E-state index in [0.717, 1.165) is 71.2 Å². The highest BCUT2D eigenvalue weighted by molar-refractivity contribution is 5.86. The number of likely N-dealkylation sites (N-methyl/N-ethyl adjacent to an activating group) is 1. The minimum Gasteiger partial charge on any atom is -0.496 e. The van der Waals surface area contributed by atoms with Crippen LogP contribution in [0.15, 0.2) is 85.2 Å². The number of ether oxygens (including phenoxy) is 2. The number of nitrogen functional groups attached to an aromatic ring is 1. The lowest BCUT2D eigenvalue weighted by Gasteiger charge is -2.34. The summed E-state index contributed by atoms with van der Waals surface area (Å²) in [6.07, 6.45) is 3.62. The minimum absolute atomic E-state index is 0.495. The lowest BCUT2D eigenvalue weighted by molar-refractivity contribution is 0.306. The molecule has 0 aliphatic carbocycles. The summed E-state index contributed by atoms with van der Waals surface area (Å²) in [5.74, 6) is 2.05. The van der Waals surface area contributed by atoms with E-state index in [1.807, 2.05) is 73.1 Å². The molecule has 0 bridgehead atoms. The SMILES string of the molecule is COc1ccc(N2CCN(C)CC2)cc1-c1cnn2c(N)c(-c3cccc(OCc4ccccc4)c3)cnc12. The predicted octanol–water partition coefficient (Wildman–Crippen LogP) is 4.98. The largest absolute Gasteiger partial charge is 0.496 e. The van der Waals surface area contributed by atoms with Crippen molar-refractivity contribution in [2.75, 3.05) is 51.0 Å². The molecule has 3 heterocycles. The van der Waals surface area contributed by atoms with Crippen molar-refractivity contribution in [1.82, 2.24) is 19.5 Å². The van der Waals surface area contributed by atoms with Gasteiger partial charge in [-0.05, 0) is 48.5 Å². The van der Waals surface area contributed by atoms with Gasteiger partial charge in [-0.15, -0.1) is 0 Å². The Morgan fingerprint density at radius 3 is 2.46 bits per heavy atom. The number of fused-ring (bicyclic) bond motifs is 1. The van der Waals surface area contributed by atoms with Crippen molar-refractivity contribution in [3.05, 3.63) is 90.8 Å². The van der Waals surface area contributed by atoms with Gasteiger partial charge in [0.1, 0.15) is 23.9 Å². The van der Waals surface area contributed by atoms with E-state index in [9.17, 15) is 0 Å². The van der Waals surface area contributed by atoms with Crippen molar-refractivity contribution >= 4 is 17.2 Å². The monoisotopic (exact) mass is 520 g/mol. The summed E-state index contributed by atoms with van der Waals surface area (Å²) >= 11 is 0. The van der Waals surface area contributed by atoms with Gasteiger partial charge in [0.15, 0.2) is 5.65 Å².